The Morgan fingerprint density at radius 2 is 1.58 bits per heavy atom. The Labute approximate surface area is 288 Å². The SMILES string of the molecule is CCONC(=O)[C@@H](NC(=O)[C@@]1(NC(=O)[C@@H](NC(=O)Cc2ccccc2F)C(C)CC)CCc2[nH]c3c(C(F)(F)F)cccc3c2C1)C(C)CC. The molecule has 0 aliphatic heterocycles. The highest BCUT2D eigenvalue weighted by molar-refractivity contribution is 5.98. The predicted molar refractivity (Wildman–Crippen MR) is 179 cm³/mol. The van der Waals surface area contributed by atoms with Crippen LogP contribution in [0.4, 0.5) is 17.6 Å². The molecule has 0 saturated carbocycles. The van der Waals surface area contributed by atoms with Gasteiger partial charge in [-0.2, -0.15) is 13.2 Å². The predicted octanol–water partition coefficient (Wildman–Crippen LogP) is 5.04. The number of aromatic amines is 1. The summed E-state index contributed by atoms with van der Waals surface area (Å²) in [6.45, 7) is 9.03. The Morgan fingerprint density at radius 3 is 2.20 bits per heavy atom. The minimum Gasteiger partial charge on any atom is -0.358 e. The van der Waals surface area contributed by atoms with Crippen molar-refractivity contribution in [2.75, 3.05) is 6.61 Å². The number of rotatable bonds is 14. The second-order valence-corrected chi connectivity index (χ2v) is 13.0. The van der Waals surface area contributed by atoms with Crippen LogP contribution in [0.2, 0.25) is 0 Å². The molecular formula is C36H45F4N5O5. The normalized spacial score (nSPS) is 18.3. The molecule has 0 fully saturated rings. The third-order valence-corrected chi connectivity index (χ3v) is 9.63. The van der Waals surface area contributed by atoms with E-state index in [2.05, 4.69) is 26.4 Å². The number of hydrogen-bond donors (Lipinski definition) is 5. The monoisotopic (exact) mass is 703 g/mol. The van der Waals surface area contributed by atoms with E-state index in [0.717, 1.165) is 6.07 Å². The van der Waals surface area contributed by atoms with Gasteiger partial charge in [-0.3, -0.25) is 24.0 Å². The highest BCUT2D eigenvalue weighted by atomic mass is 19.4. The number of carbonyl (C=O) groups excluding carboxylic acids is 4. The van der Waals surface area contributed by atoms with Crippen LogP contribution in [0, 0.1) is 17.7 Å². The van der Waals surface area contributed by atoms with Gasteiger partial charge < -0.3 is 20.9 Å². The lowest BCUT2D eigenvalue weighted by Crippen LogP contribution is -2.67. The van der Waals surface area contributed by atoms with E-state index in [-0.39, 0.29) is 54.7 Å². The van der Waals surface area contributed by atoms with Gasteiger partial charge in [-0.05, 0) is 54.9 Å². The van der Waals surface area contributed by atoms with Gasteiger partial charge in [0.25, 0.3) is 5.91 Å². The van der Waals surface area contributed by atoms with Crippen molar-refractivity contribution in [2.24, 2.45) is 11.8 Å². The molecule has 2 aromatic carbocycles. The first-order valence-electron chi connectivity index (χ1n) is 16.9. The van der Waals surface area contributed by atoms with Gasteiger partial charge >= 0.3 is 6.18 Å². The van der Waals surface area contributed by atoms with Crippen LogP contribution in [0.3, 0.4) is 0 Å². The lowest BCUT2D eigenvalue weighted by atomic mass is 9.78. The zero-order valence-corrected chi connectivity index (χ0v) is 28.9. The number of alkyl halides is 3. The van der Waals surface area contributed by atoms with Crippen LogP contribution in [0.1, 0.15) is 76.3 Å². The minimum atomic E-state index is -4.64. The molecule has 1 aliphatic rings. The summed E-state index contributed by atoms with van der Waals surface area (Å²) >= 11 is 0. The van der Waals surface area contributed by atoms with E-state index in [1.807, 2.05) is 13.8 Å². The van der Waals surface area contributed by atoms with Crippen molar-refractivity contribution in [1.29, 1.82) is 0 Å². The van der Waals surface area contributed by atoms with E-state index >= 15 is 0 Å². The maximum atomic E-state index is 14.5. The number of amides is 4. The first kappa shape index (κ1) is 38.3. The number of nitrogens with one attached hydrogen (secondary N) is 5. The molecule has 1 heterocycles. The van der Waals surface area contributed by atoms with Crippen molar-refractivity contribution in [3.05, 3.63) is 70.7 Å². The van der Waals surface area contributed by atoms with Crippen molar-refractivity contribution in [2.45, 2.75) is 96.9 Å². The second-order valence-electron chi connectivity index (χ2n) is 13.0. The molecule has 0 bridgehead atoms. The molecule has 50 heavy (non-hydrogen) atoms. The molecule has 14 heteroatoms. The van der Waals surface area contributed by atoms with Crippen LogP contribution >= 0.6 is 0 Å². The van der Waals surface area contributed by atoms with Crippen LogP contribution in [-0.2, 0) is 49.5 Å². The second kappa shape index (κ2) is 16.0. The van der Waals surface area contributed by atoms with Gasteiger partial charge in [-0.25, -0.2) is 9.87 Å². The molecule has 1 aromatic heterocycles. The smallest absolute Gasteiger partial charge is 0.358 e. The Bertz CT molecular complexity index is 1710. The Balaban J connectivity index is 1.73. The van der Waals surface area contributed by atoms with Gasteiger partial charge in [0.1, 0.15) is 23.4 Å². The maximum Gasteiger partial charge on any atom is 0.418 e. The maximum absolute atomic E-state index is 14.5. The highest BCUT2D eigenvalue weighted by Gasteiger charge is 2.47. The van der Waals surface area contributed by atoms with Crippen molar-refractivity contribution >= 4 is 34.5 Å². The molecule has 5 N–H and O–H groups in total. The molecule has 10 nitrogen and oxygen atoms in total. The summed E-state index contributed by atoms with van der Waals surface area (Å²) in [5, 5.41) is 8.63. The molecule has 2 unspecified atom stereocenters. The van der Waals surface area contributed by atoms with Crippen LogP contribution in [0.15, 0.2) is 42.5 Å². The standard InChI is InChI=1S/C36H45F4N5O5/c1-6-20(4)29(42-28(46)18-22-12-9-10-15-26(22)37)32(47)44-35(34(49)43-30(21(5)7-2)33(48)45-50-8-3)17-16-27-24(19-35)23-13-11-14-25(31(23)41-27)36(38,39)40/h9-15,20-21,29-30,41H,6-8,16-19H2,1-5H3,(H,42,46)(H,43,49)(H,44,47)(H,45,48)/t20?,21?,29-,30-,35+/m0/s1. The summed E-state index contributed by atoms with van der Waals surface area (Å²) in [5.74, 6) is -3.99. The van der Waals surface area contributed by atoms with Crippen LogP contribution < -0.4 is 21.4 Å². The largest absolute Gasteiger partial charge is 0.418 e. The Hall–Kier alpha value is -4.46. The van der Waals surface area contributed by atoms with E-state index in [4.69, 9.17) is 4.84 Å². The third kappa shape index (κ3) is 8.45. The molecule has 0 spiro atoms. The molecule has 272 valence electrons. The van der Waals surface area contributed by atoms with Crippen molar-refractivity contribution in [3.63, 3.8) is 0 Å². The molecule has 4 amide bonds. The Morgan fingerprint density at radius 1 is 0.920 bits per heavy atom. The molecule has 0 saturated heterocycles. The summed E-state index contributed by atoms with van der Waals surface area (Å²) < 4.78 is 56.2. The van der Waals surface area contributed by atoms with Gasteiger partial charge in [0.15, 0.2) is 0 Å². The van der Waals surface area contributed by atoms with Crippen LogP contribution in [-0.4, -0.2) is 52.8 Å². The van der Waals surface area contributed by atoms with E-state index in [1.54, 1.807) is 26.8 Å². The summed E-state index contributed by atoms with van der Waals surface area (Å²) in [5.41, 5.74) is 0.677. The van der Waals surface area contributed by atoms with Gasteiger partial charge in [0.05, 0.1) is 24.1 Å². The van der Waals surface area contributed by atoms with Crippen LogP contribution in [0.25, 0.3) is 10.9 Å². The fourth-order valence-corrected chi connectivity index (χ4v) is 6.31. The molecule has 0 radical (unpaired) electrons. The molecule has 1 aliphatic carbocycles. The van der Waals surface area contributed by atoms with E-state index < -0.39 is 64.7 Å². The third-order valence-electron chi connectivity index (χ3n) is 9.63. The lowest BCUT2D eigenvalue weighted by Gasteiger charge is -2.39. The molecule has 3 aromatic rings. The Kier molecular flexibility index (Phi) is 12.3. The zero-order valence-electron chi connectivity index (χ0n) is 28.9. The van der Waals surface area contributed by atoms with Gasteiger partial charge in [-0.1, -0.05) is 70.9 Å². The topological polar surface area (TPSA) is 141 Å². The average molecular weight is 704 g/mol. The summed E-state index contributed by atoms with van der Waals surface area (Å²) in [6, 6.07) is 7.35. The van der Waals surface area contributed by atoms with Crippen molar-refractivity contribution in [1.82, 2.24) is 26.4 Å². The fraction of sp³-hybridized carbons (Fsp3) is 0.500. The van der Waals surface area contributed by atoms with Crippen molar-refractivity contribution < 1.29 is 41.6 Å². The van der Waals surface area contributed by atoms with E-state index in [9.17, 15) is 36.7 Å². The number of halogens is 4. The molecular weight excluding hydrogens is 658 g/mol. The number of H-pyrrole nitrogens is 1. The summed E-state index contributed by atoms with van der Waals surface area (Å²) in [7, 11) is 0. The number of carbonyl (C=O) groups is 4. The number of hydrogen-bond acceptors (Lipinski definition) is 5. The minimum absolute atomic E-state index is 0.0253. The van der Waals surface area contributed by atoms with E-state index in [0.29, 0.717) is 24.1 Å². The zero-order chi connectivity index (χ0) is 36.8. The number of fused-ring (bicyclic) bond motifs is 3. The molecule has 5 atom stereocenters. The van der Waals surface area contributed by atoms with Gasteiger partial charge in [-0.15, -0.1) is 0 Å². The number of aromatic nitrogens is 1. The average Bonchev–Trinajstić information content (AvgIpc) is 3.45. The van der Waals surface area contributed by atoms with E-state index in [1.165, 1.54) is 30.3 Å². The van der Waals surface area contributed by atoms with Crippen LogP contribution in [0.5, 0.6) is 0 Å². The lowest BCUT2D eigenvalue weighted by molar-refractivity contribution is -0.142. The quantitative estimate of drug-likeness (QED) is 0.118. The number of benzene rings is 2. The fourth-order valence-electron chi connectivity index (χ4n) is 6.31. The van der Waals surface area contributed by atoms with Crippen molar-refractivity contribution in [3.8, 4) is 0 Å². The summed E-state index contributed by atoms with van der Waals surface area (Å²) in [6.07, 6.45) is -4.14. The number of hydroxylamine groups is 1. The van der Waals surface area contributed by atoms with Gasteiger partial charge in [0, 0.05) is 17.5 Å². The number of para-hydroxylation sites is 1. The highest BCUT2D eigenvalue weighted by Crippen LogP contribution is 2.40. The number of aryl methyl sites for hydroxylation is 1. The molecule has 4 rings (SSSR count). The first-order chi connectivity index (χ1) is 23.6. The first-order valence-corrected chi connectivity index (χ1v) is 16.9. The summed E-state index contributed by atoms with van der Waals surface area (Å²) in [4.78, 5) is 62.9. The van der Waals surface area contributed by atoms with Gasteiger partial charge in [0.2, 0.25) is 17.7 Å².